The maximum Gasteiger partial charge on any atom is 0.175 e. The molecule has 0 saturated heterocycles. The first-order valence-electron chi connectivity index (χ1n) is 3.43. The average molecular weight is 259 g/mol. The van der Waals surface area contributed by atoms with Crippen LogP contribution in [-0.2, 0) is 0 Å². The topological polar surface area (TPSA) is 43.6 Å². The van der Waals surface area contributed by atoms with Crippen LogP contribution in [0.3, 0.4) is 0 Å². The number of hydrogen-bond acceptors (Lipinski definition) is 3. The largest absolute Gasteiger partial charge is 0.243 e. The SMILES string of the molecule is Clc1cncnc1-n1cc(Br)cn1. The molecule has 2 aromatic rings. The van der Waals surface area contributed by atoms with Gasteiger partial charge in [0, 0.05) is 6.20 Å². The van der Waals surface area contributed by atoms with E-state index in [1.54, 1.807) is 17.1 Å². The van der Waals surface area contributed by atoms with Crippen molar-refractivity contribution in [1.29, 1.82) is 0 Å². The van der Waals surface area contributed by atoms with Gasteiger partial charge in [-0.15, -0.1) is 0 Å². The first-order chi connectivity index (χ1) is 6.27. The molecule has 2 rings (SSSR count). The third-order valence-electron chi connectivity index (χ3n) is 1.42. The minimum Gasteiger partial charge on any atom is -0.243 e. The number of nitrogens with zero attached hydrogens (tertiary/aromatic N) is 4. The van der Waals surface area contributed by atoms with Crippen molar-refractivity contribution in [3.8, 4) is 5.82 Å². The Morgan fingerprint density at radius 1 is 1.38 bits per heavy atom. The molecule has 0 fully saturated rings. The van der Waals surface area contributed by atoms with Crippen molar-refractivity contribution >= 4 is 27.5 Å². The summed E-state index contributed by atoms with van der Waals surface area (Å²) < 4.78 is 2.45. The minimum atomic E-state index is 0.470. The van der Waals surface area contributed by atoms with Gasteiger partial charge in [-0.25, -0.2) is 14.6 Å². The predicted octanol–water partition coefficient (Wildman–Crippen LogP) is 2.08. The number of aromatic nitrogens is 4. The Morgan fingerprint density at radius 2 is 2.23 bits per heavy atom. The highest BCUT2D eigenvalue weighted by atomic mass is 79.9. The molecule has 0 radical (unpaired) electrons. The average Bonchev–Trinajstić information content (AvgIpc) is 2.53. The van der Waals surface area contributed by atoms with Gasteiger partial charge in [-0.1, -0.05) is 11.6 Å². The first-order valence-corrected chi connectivity index (χ1v) is 4.60. The molecule has 0 spiro atoms. The molecule has 0 aliphatic rings. The summed E-state index contributed by atoms with van der Waals surface area (Å²) in [7, 11) is 0. The second-order valence-corrected chi connectivity index (χ2v) is 3.62. The van der Waals surface area contributed by atoms with E-state index in [1.807, 2.05) is 0 Å². The summed E-state index contributed by atoms with van der Waals surface area (Å²) in [5.74, 6) is 0.572. The van der Waals surface area contributed by atoms with Gasteiger partial charge < -0.3 is 0 Å². The lowest BCUT2D eigenvalue weighted by atomic mass is 10.6. The van der Waals surface area contributed by atoms with Crippen molar-refractivity contribution in [2.75, 3.05) is 0 Å². The molecular weight excluding hydrogens is 255 g/mol. The number of hydrogen-bond donors (Lipinski definition) is 0. The van der Waals surface area contributed by atoms with Crippen LogP contribution < -0.4 is 0 Å². The van der Waals surface area contributed by atoms with Gasteiger partial charge in [-0.05, 0) is 15.9 Å². The highest BCUT2D eigenvalue weighted by Crippen LogP contribution is 2.16. The van der Waals surface area contributed by atoms with Crippen LogP contribution >= 0.6 is 27.5 Å². The molecule has 0 aliphatic heterocycles. The summed E-state index contributed by atoms with van der Waals surface area (Å²) in [6.45, 7) is 0. The highest BCUT2D eigenvalue weighted by Gasteiger charge is 2.04. The molecule has 0 aromatic carbocycles. The zero-order valence-electron chi connectivity index (χ0n) is 6.35. The van der Waals surface area contributed by atoms with E-state index >= 15 is 0 Å². The van der Waals surface area contributed by atoms with Crippen LogP contribution in [0.5, 0.6) is 0 Å². The van der Waals surface area contributed by atoms with Gasteiger partial charge in [0.15, 0.2) is 5.82 Å². The summed E-state index contributed by atoms with van der Waals surface area (Å²) in [6.07, 6.45) is 6.39. The molecule has 13 heavy (non-hydrogen) atoms. The lowest BCUT2D eigenvalue weighted by Crippen LogP contribution is -1.98. The Kier molecular flexibility index (Phi) is 2.28. The third-order valence-corrected chi connectivity index (χ3v) is 2.09. The summed E-state index contributed by atoms with van der Waals surface area (Å²) in [4.78, 5) is 7.78. The summed E-state index contributed by atoms with van der Waals surface area (Å²) in [6, 6.07) is 0. The molecule has 2 aromatic heterocycles. The van der Waals surface area contributed by atoms with E-state index in [9.17, 15) is 0 Å². The van der Waals surface area contributed by atoms with Crippen molar-refractivity contribution in [3.05, 3.63) is 34.4 Å². The maximum absolute atomic E-state index is 5.87. The second kappa shape index (κ2) is 3.43. The maximum atomic E-state index is 5.87. The van der Waals surface area contributed by atoms with Crippen molar-refractivity contribution in [1.82, 2.24) is 19.7 Å². The van der Waals surface area contributed by atoms with E-state index < -0.39 is 0 Å². The second-order valence-electron chi connectivity index (χ2n) is 2.30. The van der Waals surface area contributed by atoms with E-state index in [0.29, 0.717) is 10.8 Å². The fraction of sp³-hybridized carbons (Fsp3) is 0. The van der Waals surface area contributed by atoms with Gasteiger partial charge in [-0.2, -0.15) is 5.10 Å². The van der Waals surface area contributed by atoms with Crippen LogP contribution in [0.4, 0.5) is 0 Å². The molecule has 0 saturated carbocycles. The molecule has 0 aliphatic carbocycles. The normalized spacial score (nSPS) is 10.3. The van der Waals surface area contributed by atoms with Crippen molar-refractivity contribution < 1.29 is 0 Å². The Morgan fingerprint density at radius 3 is 2.85 bits per heavy atom. The first kappa shape index (κ1) is 8.65. The lowest BCUT2D eigenvalue weighted by Gasteiger charge is -1.99. The van der Waals surface area contributed by atoms with Crippen LogP contribution in [0.15, 0.2) is 29.4 Å². The van der Waals surface area contributed by atoms with Crippen LogP contribution in [0, 0.1) is 0 Å². The fourth-order valence-electron chi connectivity index (χ4n) is 0.891. The van der Waals surface area contributed by atoms with Gasteiger partial charge in [0.05, 0.1) is 16.9 Å². The molecular formula is C7H4BrClN4. The van der Waals surface area contributed by atoms with E-state index in [1.165, 1.54) is 12.5 Å². The van der Waals surface area contributed by atoms with E-state index in [2.05, 4.69) is 31.0 Å². The standard InChI is InChI=1S/C7H4BrClN4/c8-5-1-12-13(3-5)7-6(9)2-10-4-11-7/h1-4H. The summed E-state index contributed by atoms with van der Waals surface area (Å²) >= 11 is 9.15. The number of rotatable bonds is 1. The third kappa shape index (κ3) is 1.71. The van der Waals surface area contributed by atoms with Crippen LogP contribution in [0.2, 0.25) is 5.02 Å². The van der Waals surface area contributed by atoms with Gasteiger partial charge in [0.1, 0.15) is 11.3 Å². The lowest BCUT2D eigenvalue weighted by molar-refractivity contribution is 0.839. The zero-order valence-corrected chi connectivity index (χ0v) is 8.70. The van der Waals surface area contributed by atoms with E-state index in [4.69, 9.17) is 11.6 Å². The summed E-state index contributed by atoms with van der Waals surface area (Å²) in [5.41, 5.74) is 0. The van der Waals surface area contributed by atoms with Gasteiger partial charge in [0.2, 0.25) is 0 Å². The predicted molar refractivity (Wildman–Crippen MR) is 51.9 cm³/mol. The minimum absolute atomic E-state index is 0.470. The zero-order chi connectivity index (χ0) is 9.26. The molecule has 4 nitrogen and oxygen atoms in total. The molecule has 2 heterocycles. The Bertz CT molecular complexity index is 428. The molecule has 6 heteroatoms. The molecule has 66 valence electrons. The van der Waals surface area contributed by atoms with Crippen molar-refractivity contribution in [3.63, 3.8) is 0 Å². The molecule has 0 amide bonds. The van der Waals surface area contributed by atoms with Crippen LogP contribution in [0.1, 0.15) is 0 Å². The molecule has 0 bridgehead atoms. The molecule has 0 atom stereocenters. The number of halogens is 2. The van der Waals surface area contributed by atoms with Crippen LogP contribution in [0.25, 0.3) is 5.82 Å². The monoisotopic (exact) mass is 258 g/mol. The van der Waals surface area contributed by atoms with Crippen LogP contribution in [-0.4, -0.2) is 19.7 Å². The molecule has 0 N–H and O–H groups in total. The van der Waals surface area contributed by atoms with Gasteiger partial charge in [0.25, 0.3) is 0 Å². The summed E-state index contributed by atoms with van der Waals surface area (Å²) in [5, 5.41) is 4.51. The van der Waals surface area contributed by atoms with Gasteiger partial charge >= 0.3 is 0 Å². The van der Waals surface area contributed by atoms with Crippen molar-refractivity contribution in [2.24, 2.45) is 0 Å². The smallest absolute Gasteiger partial charge is 0.175 e. The van der Waals surface area contributed by atoms with Gasteiger partial charge in [-0.3, -0.25) is 0 Å². The molecule has 0 unspecified atom stereocenters. The van der Waals surface area contributed by atoms with E-state index in [-0.39, 0.29) is 0 Å². The Hall–Kier alpha value is -0.940. The Balaban J connectivity index is 2.52. The fourth-order valence-corrected chi connectivity index (χ4v) is 1.37. The van der Waals surface area contributed by atoms with E-state index in [0.717, 1.165) is 4.47 Å². The quantitative estimate of drug-likeness (QED) is 0.787. The van der Waals surface area contributed by atoms with Crippen molar-refractivity contribution in [2.45, 2.75) is 0 Å². The highest BCUT2D eigenvalue weighted by molar-refractivity contribution is 9.10. The Labute approximate surface area is 87.7 Å².